The zero-order valence-electron chi connectivity index (χ0n) is 17.4. The summed E-state index contributed by atoms with van der Waals surface area (Å²) in [5.41, 5.74) is 3.27. The van der Waals surface area contributed by atoms with Gasteiger partial charge in [0.1, 0.15) is 0 Å². The monoisotopic (exact) mass is 429 g/mol. The molecule has 0 fully saturated rings. The predicted octanol–water partition coefficient (Wildman–Crippen LogP) is 4.92. The molecule has 2 aromatic carbocycles. The molecule has 4 aromatic rings. The molecule has 0 saturated heterocycles. The lowest BCUT2D eigenvalue weighted by molar-refractivity contribution is 0.0933. The van der Waals surface area contributed by atoms with E-state index in [1.807, 2.05) is 79.7 Å². The van der Waals surface area contributed by atoms with Crippen molar-refractivity contribution in [2.75, 3.05) is 6.26 Å². The summed E-state index contributed by atoms with van der Waals surface area (Å²) in [6.45, 7) is 2.00. The highest BCUT2D eigenvalue weighted by molar-refractivity contribution is 7.84. The first-order valence-electron chi connectivity index (χ1n) is 10.1. The molecule has 1 amide bonds. The lowest BCUT2D eigenvalue weighted by Gasteiger charge is -2.20. The molecule has 2 heterocycles. The first kappa shape index (κ1) is 20.9. The summed E-state index contributed by atoms with van der Waals surface area (Å²) < 4.78 is 12.9. The number of carbonyl (C=O) groups is 1. The van der Waals surface area contributed by atoms with E-state index in [-0.39, 0.29) is 11.9 Å². The zero-order chi connectivity index (χ0) is 21.8. The highest BCUT2D eigenvalue weighted by Crippen LogP contribution is 2.32. The first-order valence-corrected chi connectivity index (χ1v) is 11.7. The van der Waals surface area contributed by atoms with Crippen LogP contribution in [0, 0.1) is 0 Å². The third-order valence-corrected chi connectivity index (χ3v) is 6.14. The summed E-state index contributed by atoms with van der Waals surface area (Å²) in [7, 11) is -1.43. The molecule has 0 radical (unpaired) electrons. The van der Waals surface area contributed by atoms with Crippen molar-refractivity contribution < 1.29 is 9.00 Å². The number of pyridine rings is 2. The third-order valence-electron chi connectivity index (χ3n) is 5.17. The topological polar surface area (TPSA) is 72.0 Å². The standard InChI is InChI=1S/C25H23N3O2S/c1-3-19(21-15-9-10-16-26-21)28-25(29)22-18-13-7-8-14-20(18)27-23(24(22)31(2)30)17-11-5-4-6-12-17/h4-16,19H,3H2,1-2H3,(H,28,29)/t19-,31?/m0/s1. The van der Waals surface area contributed by atoms with E-state index < -0.39 is 10.8 Å². The van der Waals surface area contributed by atoms with Crippen molar-refractivity contribution in [2.45, 2.75) is 24.3 Å². The fourth-order valence-electron chi connectivity index (χ4n) is 3.69. The summed E-state index contributed by atoms with van der Waals surface area (Å²) in [6.07, 6.45) is 3.99. The van der Waals surface area contributed by atoms with E-state index in [0.717, 1.165) is 11.3 Å². The zero-order valence-corrected chi connectivity index (χ0v) is 18.2. The van der Waals surface area contributed by atoms with Gasteiger partial charge < -0.3 is 5.32 Å². The average molecular weight is 430 g/mol. The van der Waals surface area contributed by atoms with Crippen molar-refractivity contribution in [3.05, 3.63) is 90.3 Å². The number of nitrogens with one attached hydrogen (secondary N) is 1. The van der Waals surface area contributed by atoms with Crippen molar-refractivity contribution in [1.82, 2.24) is 15.3 Å². The Morgan fingerprint density at radius 1 is 1.00 bits per heavy atom. The van der Waals surface area contributed by atoms with Gasteiger partial charge in [-0.05, 0) is 24.6 Å². The van der Waals surface area contributed by atoms with Gasteiger partial charge in [0.2, 0.25) is 0 Å². The van der Waals surface area contributed by atoms with Crippen LogP contribution in [0.5, 0.6) is 0 Å². The summed E-state index contributed by atoms with van der Waals surface area (Å²) in [5, 5.41) is 3.78. The number of carbonyl (C=O) groups excluding carboxylic acids is 1. The maximum Gasteiger partial charge on any atom is 0.253 e. The van der Waals surface area contributed by atoms with E-state index in [1.54, 1.807) is 12.5 Å². The molecule has 156 valence electrons. The molecule has 5 nitrogen and oxygen atoms in total. The Kier molecular flexibility index (Phi) is 6.18. The Hall–Kier alpha value is -3.38. The number of rotatable bonds is 6. The van der Waals surface area contributed by atoms with Crippen LogP contribution in [0.25, 0.3) is 22.2 Å². The van der Waals surface area contributed by atoms with E-state index in [1.165, 1.54) is 0 Å². The van der Waals surface area contributed by atoms with E-state index in [9.17, 15) is 9.00 Å². The maximum atomic E-state index is 13.6. The van der Waals surface area contributed by atoms with Crippen LogP contribution >= 0.6 is 0 Å². The van der Waals surface area contributed by atoms with E-state index in [2.05, 4.69) is 10.3 Å². The highest BCUT2D eigenvalue weighted by Gasteiger charge is 2.25. The first-order chi connectivity index (χ1) is 15.1. The highest BCUT2D eigenvalue weighted by atomic mass is 32.2. The molecule has 1 unspecified atom stereocenters. The molecule has 1 N–H and O–H groups in total. The molecule has 31 heavy (non-hydrogen) atoms. The second-order valence-electron chi connectivity index (χ2n) is 7.19. The van der Waals surface area contributed by atoms with E-state index in [0.29, 0.717) is 33.5 Å². The molecule has 0 aliphatic carbocycles. The minimum atomic E-state index is -1.43. The van der Waals surface area contributed by atoms with Crippen molar-refractivity contribution in [2.24, 2.45) is 0 Å². The largest absolute Gasteiger partial charge is 0.344 e. The summed E-state index contributed by atoms with van der Waals surface area (Å²) in [6, 6.07) is 22.4. The van der Waals surface area contributed by atoms with E-state index >= 15 is 0 Å². The lowest BCUT2D eigenvalue weighted by atomic mass is 10.0. The average Bonchev–Trinajstić information content (AvgIpc) is 2.82. The molecule has 4 rings (SSSR count). The Morgan fingerprint density at radius 3 is 2.39 bits per heavy atom. The smallest absolute Gasteiger partial charge is 0.253 e. The van der Waals surface area contributed by atoms with Gasteiger partial charge in [0, 0.05) is 23.4 Å². The normalized spacial score (nSPS) is 13.0. The number of para-hydroxylation sites is 1. The molecule has 6 heteroatoms. The third kappa shape index (κ3) is 4.25. The lowest BCUT2D eigenvalue weighted by Crippen LogP contribution is -2.30. The fraction of sp³-hybridized carbons (Fsp3) is 0.160. The maximum absolute atomic E-state index is 13.6. The summed E-state index contributed by atoms with van der Waals surface area (Å²) in [5.74, 6) is -0.279. The molecule has 0 aliphatic rings. The molecular weight excluding hydrogens is 406 g/mol. The van der Waals surface area contributed by atoms with Gasteiger partial charge in [-0.3, -0.25) is 14.0 Å². The van der Waals surface area contributed by atoms with Crippen LogP contribution in [0.4, 0.5) is 0 Å². The van der Waals surface area contributed by atoms with Crippen molar-refractivity contribution in [3.63, 3.8) is 0 Å². The van der Waals surface area contributed by atoms with Crippen LogP contribution in [-0.2, 0) is 10.8 Å². The Morgan fingerprint density at radius 2 is 1.71 bits per heavy atom. The minimum Gasteiger partial charge on any atom is -0.344 e. The summed E-state index contributed by atoms with van der Waals surface area (Å²) >= 11 is 0. The summed E-state index contributed by atoms with van der Waals surface area (Å²) in [4.78, 5) is 23.2. The molecule has 2 aromatic heterocycles. The molecule has 2 atom stereocenters. The van der Waals surface area contributed by atoms with Gasteiger partial charge in [0.25, 0.3) is 5.91 Å². The quantitative estimate of drug-likeness (QED) is 0.472. The number of nitrogens with zero attached hydrogens (tertiary/aromatic N) is 2. The van der Waals surface area contributed by atoms with Crippen LogP contribution in [-0.4, -0.2) is 26.3 Å². The number of fused-ring (bicyclic) bond motifs is 1. The second kappa shape index (κ2) is 9.18. The number of benzene rings is 2. The number of aromatic nitrogens is 2. The van der Waals surface area contributed by atoms with E-state index in [4.69, 9.17) is 4.98 Å². The molecule has 0 bridgehead atoms. The Labute approximate surface area is 184 Å². The SMILES string of the molecule is CC[C@H](NC(=O)c1c(S(C)=O)c(-c2ccccc2)nc2ccccc12)c1ccccn1. The van der Waals surface area contributed by atoms with Gasteiger partial charge in [-0.1, -0.05) is 61.5 Å². The molecule has 0 saturated carbocycles. The Bertz CT molecular complexity index is 1240. The van der Waals surface area contributed by atoms with Crippen molar-refractivity contribution in [1.29, 1.82) is 0 Å². The predicted molar refractivity (Wildman–Crippen MR) is 124 cm³/mol. The van der Waals surface area contributed by atoms with Crippen LogP contribution in [0.15, 0.2) is 83.9 Å². The molecular formula is C25H23N3O2S. The Balaban J connectivity index is 1.90. The van der Waals surface area contributed by atoms with Gasteiger partial charge in [-0.25, -0.2) is 4.98 Å². The molecule has 0 spiro atoms. The van der Waals surface area contributed by atoms with Crippen LogP contribution < -0.4 is 5.32 Å². The van der Waals surface area contributed by atoms with Gasteiger partial charge in [0.15, 0.2) is 0 Å². The van der Waals surface area contributed by atoms with Gasteiger partial charge in [-0.2, -0.15) is 0 Å². The van der Waals surface area contributed by atoms with Crippen LogP contribution in [0.3, 0.4) is 0 Å². The van der Waals surface area contributed by atoms with Crippen LogP contribution in [0.1, 0.15) is 35.4 Å². The second-order valence-corrected chi connectivity index (χ2v) is 8.51. The van der Waals surface area contributed by atoms with Crippen LogP contribution in [0.2, 0.25) is 0 Å². The minimum absolute atomic E-state index is 0.251. The van der Waals surface area contributed by atoms with Crippen molar-refractivity contribution >= 4 is 27.6 Å². The van der Waals surface area contributed by atoms with Gasteiger partial charge in [0.05, 0.1) is 44.2 Å². The van der Waals surface area contributed by atoms with Gasteiger partial charge >= 0.3 is 0 Å². The molecule has 0 aliphatic heterocycles. The number of hydrogen-bond donors (Lipinski definition) is 1. The number of hydrogen-bond acceptors (Lipinski definition) is 4. The van der Waals surface area contributed by atoms with Gasteiger partial charge in [-0.15, -0.1) is 0 Å². The van der Waals surface area contributed by atoms with Crippen molar-refractivity contribution in [3.8, 4) is 11.3 Å². The number of amides is 1. The fourth-order valence-corrected chi connectivity index (χ4v) is 4.61.